The van der Waals surface area contributed by atoms with Crippen molar-refractivity contribution in [3.63, 3.8) is 0 Å². The number of halogens is 1. The molecule has 3 aromatic carbocycles. The predicted molar refractivity (Wildman–Crippen MR) is 163 cm³/mol. The number of aryl methyl sites for hydroxylation is 2. The van der Waals surface area contributed by atoms with Crippen LogP contribution in [0, 0.1) is 13.8 Å². The number of methoxy groups -OCH3 is 1. The van der Waals surface area contributed by atoms with Gasteiger partial charge in [-0.15, -0.1) is 11.3 Å². The lowest BCUT2D eigenvalue weighted by Gasteiger charge is -2.22. The summed E-state index contributed by atoms with van der Waals surface area (Å²) in [5.41, 5.74) is 5.07. The Morgan fingerprint density at radius 1 is 1.05 bits per heavy atom. The smallest absolute Gasteiger partial charge is 0.300 e. The van der Waals surface area contributed by atoms with Crippen LogP contribution in [0.25, 0.3) is 22.4 Å². The highest BCUT2D eigenvalue weighted by Gasteiger charge is 2.20. The molecule has 0 aliphatic heterocycles. The van der Waals surface area contributed by atoms with Gasteiger partial charge in [-0.25, -0.2) is 4.98 Å². The quantitative estimate of drug-likeness (QED) is 0.164. The molecule has 0 aliphatic carbocycles. The average Bonchev–Trinajstić information content (AvgIpc) is 3.28. The zero-order chi connectivity index (χ0) is 28.2. The molecule has 1 heterocycles. The van der Waals surface area contributed by atoms with E-state index in [-0.39, 0.29) is 11.5 Å². The summed E-state index contributed by atoms with van der Waals surface area (Å²) < 4.78 is 43.2. The van der Waals surface area contributed by atoms with Crippen LogP contribution in [0.1, 0.15) is 28.6 Å². The third kappa shape index (κ3) is 7.00. The van der Waals surface area contributed by atoms with E-state index >= 15 is 0 Å². The van der Waals surface area contributed by atoms with Crippen LogP contribution in [0.5, 0.6) is 11.5 Å². The highest BCUT2D eigenvalue weighted by molar-refractivity contribution is 9.10. The van der Waals surface area contributed by atoms with Gasteiger partial charge < -0.3 is 14.4 Å². The number of thiazole rings is 1. The molecule has 0 saturated heterocycles. The van der Waals surface area contributed by atoms with Crippen LogP contribution in [0.2, 0.25) is 0 Å². The third-order valence-corrected chi connectivity index (χ3v) is 9.08. The van der Waals surface area contributed by atoms with Crippen molar-refractivity contribution in [1.29, 1.82) is 0 Å². The first-order chi connectivity index (χ1) is 18.6. The number of fused-ring (bicyclic) bond motifs is 1. The van der Waals surface area contributed by atoms with Gasteiger partial charge in [0.05, 0.1) is 35.0 Å². The Kier molecular flexibility index (Phi) is 9.32. The molecule has 206 valence electrons. The summed E-state index contributed by atoms with van der Waals surface area (Å²) in [7, 11) is -0.233. The Balaban J connectivity index is 1.47. The topological polar surface area (TPSA) is 78.0 Å². The van der Waals surface area contributed by atoms with Crippen LogP contribution >= 0.6 is 27.3 Å². The number of rotatable bonds is 11. The van der Waals surface area contributed by atoms with Gasteiger partial charge in [0.15, 0.2) is 0 Å². The molecule has 0 radical (unpaired) electrons. The van der Waals surface area contributed by atoms with E-state index < -0.39 is 10.1 Å². The number of benzene rings is 3. The summed E-state index contributed by atoms with van der Waals surface area (Å²) in [5.74, 6) is 1.09. The zero-order valence-corrected chi connectivity index (χ0v) is 25.7. The van der Waals surface area contributed by atoms with Crippen molar-refractivity contribution in [2.45, 2.75) is 25.7 Å². The van der Waals surface area contributed by atoms with Crippen molar-refractivity contribution in [3.05, 3.63) is 74.7 Å². The molecule has 4 rings (SSSR count). The Morgan fingerprint density at radius 2 is 1.85 bits per heavy atom. The van der Waals surface area contributed by atoms with Crippen molar-refractivity contribution in [2.75, 3.05) is 38.8 Å². The largest absolute Gasteiger partial charge is 0.496 e. The third-order valence-electron chi connectivity index (χ3n) is 6.05. The normalized spacial score (nSPS) is 11.8. The number of ether oxygens (including phenoxy) is 2. The molecule has 0 saturated carbocycles. The fraction of sp³-hybridized carbons (Fsp3) is 0.276. The fourth-order valence-electron chi connectivity index (χ4n) is 4.09. The van der Waals surface area contributed by atoms with Crippen molar-refractivity contribution < 1.29 is 22.1 Å². The molecule has 7 nitrogen and oxygen atoms in total. The second kappa shape index (κ2) is 12.5. The highest BCUT2D eigenvalue weighted by Crippen LogP contribution is 2.32. The van der Waals surface area contributed by atoms with E-state index in [2.05, 4.69) is 39.9 Å². The molecule has 39 heavy (non-hydrogen) atoms. The van der Waals surface area contributed by atoms with Gasteiger partial charge in [0, 0.05) is 12.7 Å². The predicted octanol–water partition coefficient (Wildman–Crippen LogP) is 7.10. The first-order valence-electron chi connectivity index (χ1n) is 12.4. The molecule has 0 aliphatic rings. The summed E-state index contributed by atoms with van der Waals surface area (Å²) in [6, 6.07) is 15.1. The van der Waals surface area contributed by atoms with Gasteiger partial charge in [-0.05, 0) is 95.9 Å². The molecule has 0 bridgehead atoms. The van der Waals surface area contributed by atoms with Gasteiger partial charge >= 0.3 is 10.1 Å². The second-order valence-corrected chi connectivity index (χ2v) is 12.5. The number of nitrogens with zero attached hydrogens (tertiary/aromatic N) is 2. The van der Waals surface area contributed by atoms with Gasteiger partial charge in [0.25, 0.3) is 0 Å². The lowest BCUT2D eigenvalue weighted by atomic mass is 10.1. The van der Waals surface area contributed by atoms with E-state index in [1.807, 2.05) is 44.3 Å². The molecule has 0 spiro atoms. The first kappa shape index (κ1) is 29.1. The lowest BCUT2D eigenvalue weighted by Crippen LogP contribution is -2.24. The Bertz CT molecular complexity index is 1620. The maximum atomic E-state index is 12.5. The summed E-state index contributed by atoms with van der Waals surface area (Å²) in [6.07, 6.45) is 4.05. The van der Waals surface area contributed by atoms with Crippen LogP contribution < -0.4 is 14.4 Å². The molecule has 0 atom stereocenters. The average molecular weight is 632 g/mol. The highest BCUT2D eigenvalue weighted by atomic mass is 79.9. The van der Waals surface area contributed by atoms with Gasteiger partial charge in [0.1, 0.15) is 28.0 Å². The number of hydrogen-bond donors (Lipinski definition) is 0. The van der Waals surface area contributed by atoms with Crippen LogP contribution in [-0.4, -0.2) is 47.3 Å². The van der Waals surface area contributed by atoms with E-state index in [4.69, 9.17) is 18.6 Å². The maximum absolute atomic E-state index is 12.5. The van der Waals surface area contributed by atoms with Crippen molar-refractivity contribution in [2.24, 2.45) is 0 Å². The van der Waals surface area contributed by atoms with Crippen molar-refractivity contribution in [3.8, 4) is 11.5 Å². The van der Waals surface area contributed by atoms with Gasteiger partial charge in [-0.1, -0.05) is 18.2 Å². The summed E-state index contributed by atoms with van der Waals surface area (Å²) >= 11 is 5.15. The van der Waals surface area contributed by atoms with E-state index in [1.54, 1.807) is 37.5 Å². The van der Waals surface area contributed by atoms with Crippen LogP contribution in [0.15, 0.2) is 57.9 Å². The first-order valence-corrected chi connectivity index (χ1v) is 15.4. The summed E-state index contributed by atoms with van der Waals surface area (Å²) in [6.45, 7) is 6.52. The van der Waals surface area contributed by atoms with Crippen molar-refractivity contribution >= 4 is 65.4 Å². The summed E-state index contributed by atoms with van der Waals surface area (Å²) in [5, 5.41) is 0.918. The Hall–Kier alpha value is -2.92. The van der Waals surface area contributed by atoms with Crippen LogP contribution in [0.4, 0.5) is 5.69 Å². The molecular weight excluding hydrogens is 600 g/mol. The zero-order valence-electron chi connectivity index (χ0n) is 22.5. The minimum Gasteiger partial charge on any atom is -0.496 e. The second-order valence-electron chi connectivity index (χ2n) is 8.97. The van der Waals surface area contributed by atoms with Gasteiger partial charge in [-0.2, -0.15) is 8.42 Å². The minimum absolute atomic E-state index is 0.0439. The van der Waals surface area contributed by atoms with E-state index in [0.717, 1.165) is 47.8 Å². The number of anilines is 1. The molecule has 1 aromatic heterocycles. The lowest BCUT2D eigenvalue weighted by molar-refractivity contribution is 0.307. The number of aromatic nitrogens is 1. The van der Waals surface area contributed by atoms with Gasteiger partial charge in [-0.3, -0.25) is 4.18 Å². The molecule has 0 amide bonds. The van der Waals surface area contributed by atoms with Crippen LogP contribution in [-0.2, 0) is 14.3 Å². The van der Waals surface area contributed by atoms with E-state index in [0.29, 0.717) is 18.9 Å². The number of hydrogen-bond acceptors (Lipinski definition) is 8. The molecule has 0 unspecified atom stereocenters. The molecule has 0 fully saturated rings. The summed E-state index contributed by atoms with van der Waals surface area (Å²) in [4.78, 5) is 6.93. The van der Waals surface area contributed by atoms with Crippen LogP contribution in [0.3, 0.4) is 0 Å². The van der Waals surface area contributed by atoms with E-state index in [9.17, 15) is 8.42 Å². The fourth-order valence-corrected chi connectivity index (χ4v) is 6.57. The molecule has 0 N–H and O–H groups in total. The SMILES string of the molecule is CCOS(=O)(=O)c1ccc(C)cc1OCCN(C)c1cc2sc(C=Cc3ccc(OC)c(Br)c3)nc2cc1C. The number of likely N-dealkylation sites (N-methyl/N-ethyl adjacent to an activating group) is 1. The standard InChI is InChI=1S/C29H31BrN2O5S2/c1-6-37-39(33,34)28-11-7-19(2)15-26(28)36-14-13-32(4)24-18-27-23(16-20(24)3)31-29(38-27)12-9-21-8-10-25(35-5)22(30)17-21/h7-12,15-18H,6,13-14H2,1-5H3. The molecular formula is C29H31BrN2O5S2. The Labute approximate surface area is 242 Å². The maximum Gasteiger partial charge on any atom is 0.300 e. The monoisotopic (exact) mass is 630 g/mol. The molecule has 10 heteroatoms. The van der Waals surface area contributed by atoms with E-state index in [1.165, 1.54) is 6.07 Å². The van der Waals surface area contributed by atoms with Crippen molar-refractivity contribution in [1.82, 2.24) is 4.98 Å². The minimum atomic E-state index is -3.87. The van der Waals surface area contributed by atoms with Gasteiger partial charge in [0.2, 0.25) is 0 Å². The molecule has 4 aromatic rings. The Morgan fingerprint density at radius 3 is 2.56 bits per heavy atom.